The second kappa shape index (κ2) is 9.90. The lowest BCUT2D eigenvalue weighted by Gasteiger charge is -2.44. The molecular weight excluding hydrogens is 644 g/mol. The quantitative estimate of drug-likeness (QED) is 0.246. The van der Waals surface area contributed by atoms with Gasteiger partial charge in [-0.05, 0) is 80.1 Å². The number of anilines is 1. The fraction of sp³-hybridized carbons (Fsp3) is 0.364. The third-order valence-electron chi connectivity index (χ3n) is 9.16. The van der Waals surface area contributed by atoms with Crippen LogP contribution in [0.15, 0.2) is 76.4 Å². The maximum atomic E-state index is 14.4. The van der Waals surface area contributed by atoms with Crippen molar-refractivity contribution in [1.29, 1.82) is 0 Å². The number of hydrogen-bond donors (Lipinski definition) is 0. The zero-order valence-electron chi connectivity index (χ0n) is 25.0. The van der Waals surface area contributed by atoms with Crippen molar-refractivity contribution in [3.63, 3.8) is 0 Å². The highest BCUT2D eigenvalue weighted by Crippen LogP contribution is 2.58. The number of ether oxygens (including phenoxy) is 1. The molecule has 11 heteroatoms. The molecule has 228 valence electrons. The van der Waals surface area contributed by atoms with Crippen LogP contribution in [-0.4, -0.2) is 59.0 Å². The summed E-state index contributed by atoms with van der Waals surface area (Å²) >= 11 is 3.68. The molecule has 2 aromatic heterocycles. The summed E-state index contributed by atoms with van der Waals surface area (Å²) in [5.41, 5.74) is 1.55. The van der Waals surface area contributed by atoms with Gasteiger partial charge in [0.15, 0.2) is 5.65 Å². The average molecular weight is 678 g/mol. The normalized spacial score (nSPS) is 23.1. The van der Waals surface area contributed by atoms with Gasteiger partial charge in [-0.3, -0.25) is 4.79 Å². The molecule has 5 heterocycles. The molecular formula is C33H33BrN4O5S. The Hall–Kier alpha value is -3.70. The summed E-state index contributed by atoms with van der Waals surface area (Å²) in [5, 5.41) is 0.628. The first-order valence-corrected chi connectivity index (χ1v) is 17.0. The molecule has 4 aromatic rings. The average Bonchev–Trinajstić information content (AvgIpc) is 3.52. The van der Waals surface area contributed by atoms with Crippen LogP contribution in [0.3, 0.4) is 0 Å². The van der Waals surface area contributed by atoms with E-state index in [9.17, 15) is 18.0 Å². The Balaban J connectivity index is 1.48. The van der Waals surface area contributed by atoms with Gasteiger partial charge in [-0.25, -0.2) is 22.2 Å². The second-order valence-electron chi connectivity index (χ2n) is 13.0. The second-order valence-corrected chi connectivity index (χ2v) is 15.5. The SMILES string of the molecule is CN1C(=O)C2(CC3CCC(C2)N3C(=O)OC(C)(C)C)c2c1cnc1c2c(-c2ccccc2)c(Br)n1S(=O)(=O)c1ccccc1. The number of halogens is 1. The molecule has 2 atom stereocenters. The number of nitrogens with zero attached hydrogens (tertiary/aromatic N) is 4. The van der Waals surface area contributed by atoms with Crippen molar-refractivity contribution in [2.45, 2.75) is 74.4 Å². The summed E-state index contributed by atoms with van der Waals surface area (Å²) in [5.74, 6) is -0.0589. The van der Waals surface area contributed by atoms with E-state index >= 15 is 0 Å². The summed E-state index contributed by atoms with van der Waals surface area (Å²) in [6.45, 7) is 5.56. The van der Waals surface area contributed by atoms with Gasteiger partial charge in [0, 0.05) is 35.6 Å². The summed E-state index contributed by atoms with van der Waals surface area (Å²) < 4.78 is 35.8. The molecule has 2 aromatic carbocycles. The van der Waals surface area contributed by atoms with E-state index in [0.717, 1.165) is 24.0 Å². The maximum Gasteiger partial charge on any atom is 0.410 e. The van der Waals surface area contributed by atoms with Crippen molar-refractivity contribution in [3.8, 4) is 11.1 Å². The smallest absolute Gasteiger partial charge is 0.410 e. The molecule has 3 aliphatic rings. The molecule has 1 spiro atoms. The molecule has 3 aliphatic heterocycles. The van der Waals surface area contributed by atoms with Crippen molar-refractivity contribution in [2.24, 2.45) is 0 Å². The minimum Gasteiger partial charge on any atom is -0.444 e. The number of likely N-dealkylation sites (N-methyl/N-ethyl adjacent to an activating group) is 1. The van der Waals surface area contributed by atoms with Crippen LogP contribution in [0.4, 0.5) is 10.5 Å². The van der Waals surface area contributed by atoms with Gasteiger partial charge in [0.1, 0.15) is 10.2 Å². The van der Waals surface area contributed by atoms with Crippen LogP contribution in [0.25, 0.3) is 22.2 Å². The van der Waals surface area contributed by atoms with E-state index in [-0.39, 0.29) is 34.6 Å². The largest absolute Gasteiger partial charge is 0.444 e. The first kappa shape index (κ1) is 29.0. The summed E-state index contributed by atoms with van der Waals surface area (Å²) in [6, 6.07) is 17.5. The predicted octanol–water partition coefficient (Wildman–Crippen LogP) is 6.48. The van der Waals surface area contributed by atoms with Gasteiger partial charge < -0.3 is 14.5 Å². The molecule has 2 bridgehead atoms. The number of carbonyl (C=O) groups is 2. The molecule has 7 rings (SSSR count). The Kier molecular flexibility index (Phi) is 6.53. The van der Waals surface area contributed by atoms with Gasteiger partial charge in [-0.2, -0.15) is 0 Å². The van der Waals surface area contributed by atoms with Crippen LogP contribution in [0.2, 0.25) is 0 Å². The molecule has 9 nitrogen and oxygen atoms in total. The molecule has 2 saturated heterocycles. The van der Waals surface area contributed by atoms with Gasteiger partial charge in [-0.15, -0.1) is 0 Å². The van der Waals surface area contributed by atoms with Crippen LogP contribution < -0.4 is 4.90 Å². The Bertz CT molecular complexity index is 1920. The number of fused-ring (bicyclic) bond motifs is 6. The summed E-state index contributed by atoms with van der Waals surface area (Å²) in [4.78, 5) is 36.1. The lowest BCUT2D eigenvalue weighted by molar-refractivity contribution is -0.125. The third-order valence-corrected chi connectivity index (χ3v) is 11.8. The molecule has 2 fully saturated rings. The molecule has 2 unspecified atom stereocenters. The molecule has 0 aliphatic carbocycles. The first-order chi connectivity index (χ1) is 20.8. The van der Waals surface area contributed by atoms with Crippen LogP contribution in [0.1, 0.15) is 52.0 Å². The van der Waals surface area contributed by atoms with E-state index in [1.165, 1.54) is 3.97 Å². The highest BCUT2D eigenvalue weighted by molar-refractivity contribution is 9.10. The standard InChI is InChI=1S/C33H33BrN4O5S/c1-32(2,3)43-31(40)37-21-15-16-22(37)18-33(17-21)27-24(36(4)30(33)39)19-35-29-26(27)25(20-11-7-5-8-12-20)28(34)38(29)44(41,42)23-13-9-6-10-14-23/h5-14,19,21-22H,15-18H2,1-4H3. The Labute approximate surface area is 265 Å². The van der Waals surface area contributed by atoms with E-state index in [0.29, 0.717) is 34.1 Å². The number of rotatable bonds is 3. The van der Waals surface area contributed by atoms with Crippen LogP contribution in [-0.2, 0) is 25.0 Å². The van der Waals surface area contributed by atoms with E-state index in [1.807, 2.05) is 56.0 Å². The first-order valence-electron chi connectivity index (χ1n) is 14.7. The van der Waals surface area contributed by atoms with Crippen LogP contribution in [0.5, 0.6) is 0 Å². The van der Waals surface area contributed by atoms with Gasteiger partial charge in [0.25, 0.3) is 10.0 Å². The number of carbonyl (C=O) groups excluding carboxylic acids is 2. The van der Waals surface area contributed by atoms with E-state index in [4.69, 9.17) is 9.72 Å². The topological polar surface area (TPSA) is 102 Å². The Morgan fingerprint density at radius 1 is 1.00 bits per heavy atom. The zero-order valence-corrected chi connectivity index (χ0v) is 27.4. The summed E-state index contributed by atoms with van der Waals surface area (Å²) in [6.07, 6.45) is 3.63. The third kappa shape index (κ3) is 4.15. The van der Waals surface area contributed by atoms with Gasteiger partial charge in [0.2, 0.25) is 5.91 Å². The van der Waals surface area contributed by atoms with E-state index in [2.05, 4.69) is 15.9 Å². The van der Waals surface area contributed by atoms with Crippen molar-refractivity contribution in [2.75, 3.05) is 11.9 Å². The highest BCUT2D eigenvalue weighted by Gasteiger charge is 2.60. The van der Waals surface area contributed by atoms with E-state index < -0.39 is 21.0 Å². The number of benzene rings is 2. The van der Waals surface area contributed by atoms with Crippen LogP contribution in [0, 0.1) is 0 Å². The maximum absolute atomic E-state index is 14.4. The number of hydrogen-bond acceptors (Lipinski definition) is 6. The number of piperidine rings is 1. The van der Waals surface area contributed by atoms with Gasteiger partial charge >= 0.3 is 6.09 Å². The fourth-order valence-corrected chi connectivity index (χ4v) is 10.0. The number of amides is 2. The lowest BCUT2D eigenvalue weighted by Crippen LogP contribution is -2.55. The van der Waals surface area contributed by atoms with Crippen LogP contribution >= 0.6 is 15.9 Å². The molecule has 0 saturated carbocycles. The van der Waals surface area contributed by atoms with Gasteiger partial charge in [-0.1, -0.05) is 48.5 Å². The lowest BCUT2D eigenvalue weighted by atomic mass is 9.69. The monoisotopic (exact) mass is 676 g/mol. The fourth-order valence-electron chi connectivity index (χ4n) is 7.48. The van der Waals surface area contributed by atoms with Gasteiger partial charge in [0.05, 0.1) is 22.2 Å². The molecule has 0 N–H and O–H groups in total. The van der Waals surface area contributed by atoms with Crippen molar-refractivity contribution >= 4 is 54.7 Å². The minimum absolute atomic E-state index is 0.0589. The molecule has 44 heavy (non-hydrogen) atoms. The Morgan fingerprint density at radius 3 is 2.18 bits per heavy atom. The summed E-state index contributed by atoms with van der Waals surface area (Å²) in [7, 11) is -2.33. The zero-order chi connectivity index (χ0) is 31.2. The van der Waals surface area contributed by atoms with Crippen molar-refractivity contribution < 1.29 is 22.7 Å². The molecule has 0 radical (unpaired) electrons. The minimum atomic E-state index is -4.08. The highest BCUT2D eigenvalue weighted by atomic mass is 79.9. The van der Waals surface area contributed by atoms with E-state index in [1.54, 1.807) is 48.5 Å². The van der Waals surface area contributed by atoms with Crippen molar-refractivity contribution in [1.82, 2.24) is 13.9 Å². The molecule has 2 amide bonds. The number of pyridine rings is 1. The van der Waals surface area contributed by atoms with Crippen molar-refractivity contribution in [3.05, 3.63) is 77.0 Å². The number of aromatic nitrogens is 2. The Morgan fingerprint density at radius 2 is 1.59 bits per heavy atom. The predicted molar refractivity (Wildman–Crippen MR) is 171 cm³/mol.